The van der Waals surface area contributed by atoms with Crippen LogP contribution in [0.5, 0.6) is 0 Å². The molecule has 110 valence electrons. The second-order valence-electron chi connectivity index (χ2n) is 4.62. The maximum Gasteiger partial charge on any atom is 0.240 e. The molecule has 0 aliphatic heterocycles. The highest BCUT2D eigenvalue weighted by atomic mass is 79.9. The van der Waals surface area contributed by atoms with Crippen LogP contribution in [0.4, 0.5) is 4.39 Å². The predicted molar refractivity (Wildman–Crippen MR) is 83.2 cm³/mol. The number of nitrogens with zero attached hydrogens (tertiary/aromatic N) is 1. The number of hydrazone groups is 1. The average Bonchev–Trinajstić information content (AvgIpc) is 2.42. The highest BCUT2D eigenvalue weighted by Gasteiger charge is 2.01. The van der Waals surface area contributed by atoms with Crippen molar-refractivity contribution in [3.63, 3.8) is 0 Å². The summed E-state index contributed by atoms with van der Waals surface area (Å²) in [6.45, 7) is 2.16. The maximum atomic E-state index is 13.4. The van der Waals surface area contributed by atoms with Crippen molar-refractivity contribution < 1.29 is 9.18 Å². The molecule has 1 aromatic rings. The van der Waals surface area contributed by atoms with Crippen LogP contribution in [0, 0.1) is 5.82 Å². The number of carbonyl (C=O) groups excluding carboxylic acids is 1. The summed E-state index contributed by atoms with van der Waals surface area (Å²) in [7, 11) is 0. The third-order valence-electron chi connectivity index (χ3n) is 2.86. The number of rotatable bonds is 8. The number of nitrogens with one attached hydrogen (secondary N) is 1. The minimum Gasteiger partial charge on any atom is -0.273 e. The van der Waals surface area contributed by atoms with Gasteiger partial charge < -0.3 is 0 Å². The minimum absolute atomic E-state index is 0.131. The molecule has 1 rings (SSSR count). The molecule has 0 heterocycles. The Hall–Kier alpha value is -1.23. The van der Waals surface area contributed by atoms with E-state index in [0.717, 1.165) is 23.7 Å². The highest BCUT2D eigenvalue weighted by molar-refractivity contribution is 9.10. The van der Waals surface area contributed by atoms with Crippen LogP contribution in [0.15, 0.2) is 27.8 Å². The van der Waals surface area contributed by atoms with Crippen LogP contribution in [0.25, 0.3) is 0 Å². The van der Waals surface area contributed by atoms with Gasteiger partial charge in [-0.25, -0.2) is 9.82 Å². The molecule has 1 amide bonds. The van der Waals surface area contributed by atoms with Gasteiger partial charge in [-0.3, -0.25) is 4.79 Å². The second-order valence-corrected chi connectivity index (χ2v) is 5.54. The Bertz CT molecular complexity index is 463. The molecular formula is C15H20BrFN2O. The Morgan fingerprint density at radius 3 is 2.85 bits per heavy atom. The second kappa shape index (κ2) is 9.64. The van der Waals surface area contributed by atoms with Gasteiger partial charge in [-0.2, -0.15) is 5.10 Å². The van der Waals surface area contributed by atoms with Gasteiger partial charge >= 0.3 is 0 Å². The van der Waals surface area contributed by atoms with Crippen molar-refractivity contribution in [1.82, 2.24) is 5.43 Å². The fourth-order valence-electron chi connectivity index (χ4n) is 1.73. The third kappa shape index (κ3) is 6.80. The Kier molecular flexibility index (Phi) is 8.11. The van der Waals surface area contributed by atoms with Gasteiger partial charge in [0, 0.05) is 16.5 Å². The van der Waals surface area contributed by atoms with Crippen molar-refractivity contribution in [2.24, 2.45) is 5.10 Å². The van der Waals surface area contributed by atoms with Gasteiger partial charge in [-0.1, -0.05) is 48.5 Å². The molecule has 0 unspecified atom stereocenters. The van der Waals surface area contributed by atoms with E-state index in [1.807, 2.05) is 0 Å². The molecule has 0 bridgehead atoms. The predicted octanol–water partition coefficient (Wildman–Crippen LogP) is 4.40. The van der Waals surface area contributed by atoms with Gasteiger partial charge in [0.2, 0.25) is 5.91 Å². The molecule has 1 N–H and O–H groups in total. The smallest absolute Gasteiger partial charge is 0.240 e. The first-order valence-electron chi connectivity index (χ1n) is 6.90. The Morgan fingerprint density at radius 1 is 1.35 bits per heavy atom. The van der Waals surface area contributed by atoms with E-state index in [1.165, 1.54) is 25.1 Å². The van der Waals surface area contributed by atoms with Gasteiger partial charge in [0.05, 0.1) is 6.21 Å². The summed E-state index contributed by atoms with van der Waals surface area (Å²) in [5, 5.41) is 3.77. The molecule has 0 aliphatic carbocycles. The van der Waals surface area contributed by atoms with Crippen molar-refractivity contribution in [3.8, 4) is 0 Å². The van der Waals surface area contributed by atoms with Gasteiger partial charge in [0.1, 0.15) is 5.82 Å². The van der Waals surface area contributed by atoms with Crippen LogP contribution in [0.1, 0.15) is 51.0 Å². The number of amides is 1. The van der Waals surface area contributed by atoms with Crippen LogP contribution in [0.2, 0.25) is 0 Å². The van der Waals surface area contributed by atoms with Crippen molar-refractivity contribution in [2.45, 2.75) is 45.4 Å². The first-order chi connectivity index (χ1) is 9.63. The van der Waals surface area contributed by atoms with E-state index >= 15 is 0 Å². The summed E-state index contributed by atoms with van der Waals surface area (Å²) >= 11 is 3.26. The standard InChI is InChI=1S/C15H20BrFN2O/c1-2-3-4-5-6-7-15(20)19-18-11-12-10-13(16)8-9-14(12)17/h8-11H,2-7H2,1H3,(H,19,20). The maximum absolute atomic E-state index is 13.4. The number of hydrogen-bond acceptors (Lipinski definition) is 2. The quantitative estimate of drug-likeness (QED) is 0.424. The first-order valence-corrected chi connectivity index (χ1v) is 7.69. The fourth-order valence-corrected chi connectivity index (χ4v) is 2.11. The zero-order valence-corrected chi connectivity index (χ0v) is 13.2. The van der Waals surface area contributed by atoms with Crippen molar-refractivity contribution in [2.75, 3.05) is 0 Å². The number of benzene rings is 1. The lowest BCUT2D eigenvalue weighted by Gasteiger charge is -2.01. The van der Waals surface area contributed by atoms with Crippen LogP contribution < -0.4 is 5.43 Å². The lowest BCUT2D eigenvalue weighted by atomic mass is 10.1. The molecule has 0 saturated heterocycles. The summed E-state index contributed by atoms with van der Waals surface area (Å²) in [6, 6.07) is 4.57. The van der Waals surface area contributed by atoms with Crippen molar-refractivity contribution in [3.05, 3.63) is 34.1 Å². The van der Waals surface area contributed by atoms with E-state index in [0.29, 0.717) is 12.0 Å². The zero-order valence-electron chi connectivity index (χ0n) is 11.7. The summed E-state index contributed by atoms with van der Waals surface area (Å²) in [5.74, 6) is -0.501. The largest absolute Gasteiger partial charge is 0.273 e. The molecule has 0 atom stereocenters. The van der Waals surface area contributed by atoms with Gasteiger partial charge in [0.25, 0.3) is 0 Å². The Balaban J connectivity index is 2.29. The van der Waals surface area contributed by atoms with E-state index < -0.39 is 0 Å². The van der Waals surface area contributed by atoms with Crippen LogP contribution in [-0.4, -0.2) is 12.1 Å². The van der Waals surface area contributed by atoms with Crippen LogP contribution >= 0.6 is 15.9 Å². The Labute approximate surface area is 127 Å². The summed E-state index contributed by atoms with van der Waals surface area (Å²) < 4.78 is 14.2. The van der Waals surface area contributed by atoms with Crippen LogP contribution in [0.3, 0.4) is 0 Å². The number of hydrogen-bond donors (Lipinski definition) is 1. The molecule has 3 nitrogen and oxygen atoms in total. The van der Waals surface area contributed by atoms with Crippen molar-refractivity contribution >= 4 is 28.1 Å². The van der Waals surface area contributed by atoms with E-state index in [-0.39, 0.29) is 11.7 Å². The Morgan fingerprint density at radius 2 is 2.10 bits per heavy atom. The summed E-state index contributed by atoms with van der Waals surface area (Å²) in [6.07, 6.45) is 7.27. The molecule has 0 radical (unpaired) electrons. The molecule has 0 saturated carbocycles. The summed E-state index contributed by atoms with van der Waals surface area (Å²) in [4.78, 5) is 11.5. The number of halogens is 2. The van der Waals surface area contributed by atoms with Gasteiger partial charge in [-0.05, 0) is 24.6 Å². The van der Waals surface area contributed by atoms with E-state index in [1.54, 1.807) is 12.1 Å². The lowest BCUT2D eigenvalue weighted by Crippen LogP contribution is -2.17. The number of unbranched alkanes of at least 4 members (excludes halogenated alkanes) is 4. The molecular weight excluding hydrogens is 323 g/mol. The molecule has 0 aliphatic rings. The molecule has 20 heavy (non-hydrogen) atoms. The van der Waals surface area contributed by atoms with Crippen LogP contribution in [-0.2, 0) is 4.79 Å². The van der Waals surface area contributed by atoms with E-state index in [2.05, 4.69) is 33.4 Å². The zero-order chi connectivity index (χ0) is 14.8. The van der Waals surface area contributed by atoms with E-state index in [4.69, 9.17) is 0 Å². The normalized spacial score (nSPS) is 10.9. The third-order valence-corrected chi connectivity index (χ3v) is 3.35. The number of carbonyl (C=O) groups is 1. The first kappa shape index (κ1) is 16.8. The fraction of sp³-hybridized carbons (Fsp3) is 0.467. The SMILES string of the molecule is CCCCCCCC(=O)NN=Cc1cc(Br)ccc1F. The van der Waals surface area contributed by atoms with E-state index in [9.17, 15) is 9.18 Å². The lowest BCUT2D eigenvalue weighted by molar-refractivity contribution is -0.121. The monoisotopic (exact) mass is 342 g/mol. The molecule has 1 aromatic carbocycles. The molecule has 0 spiro atoms. The van der Waals surface area contributed by atoms with Crippen molar-refractivity contribution in [1.29, 1.82) is 0 Å². The highest BCUT2D eigenvalue weighted by Crippen LogP contribution is 2.13. The summed E-state index contributed by atoms with van der Waals surface area (Å²) in [5.41, 5.74) is 2.75. The molecule has 0 aromatic heterocycles. The topological polar surface area (TPSA) is 41.5 Å². The molecule has 5 heteroatoms. The average molecular weight is 343 g/mol. The molecule has 0 fully saturated rings. The minimum atomic E-state index is -0.370. The van der Waals surface area contributed by atoms with Gasteiger partial charge in [-0.15, -0.1) is 0 Å². The van der Waals surface area contributed by atoms with Gasteiger partial charge in [0.15, 0.2) is 0 Å².